The minimum Gasteiger partial charge on any atom is -0.370 e. The third-order valence-electron chi connectivity index (χ3n) is 4.48. The summed E-state index contributed by atoms with van der Waals surface area (Å²) in [6.07, 6.45) is -3.43. The lowest BCUT2D eigenvalue weighted by molar-refractivity contribution is -0.385. The number of alkyl halides is 3. The van der Waals surface area contributed by atoms with Gasteiger partial charge in [-0.05, 0) is 38.8 Å². The molecule has 1 fully saturated rings. The maximum atomic E-state index is 12.8. The van der Waals surface area contributed by atoms with Crippen LogP contribution in [0.3, 0.4) is 0 Å². The van der Waals surface area contributed by atoms with Crippen molar-refractivity contribution < 1.29 is 32.4 Å². The largest absolute Gasteiger partial charge is 0.411 e. The highest BCUT2D eigenvalue weighted by atomic mass is 19.4. The molecule has 1 aliphatic rings. The van der Waals surface area contributed by atoms with Gasteiger partial charge in [0, 0.05) is 29.8 Å². The van der Waals surface area contributed by atoms with E-state index in [-0.39, 0.29) is 17.9 Å². The Morgan fingerprint density at radius 2 is 2.10 bits per heavy atom. The minimum absolute atomic E-state index is 0.107. The van der Waals surface area contributed by atoms with E-state index in [1.807, 2.05) is 0 Å². The summed E-state index contributed by atoms with van der Waals surface area (Å²) in [5.41, 5.74) is 0.454. The van der Waals surface area contributed by atoms with Crippen LogP contribution >= 0.6 is 0 Å². The van der Waals surface area contributed by atoms with Crippen molar-refractivity contribution in [2.45, 2.75) is 44.9 Å². The molecule has 1 aromatic rings. The average molecular weight is 417 g/mol. The molecule has 1 heterocycles. The first-order chi connectivity index (χ1) is 13.5. The highest BCUT2D eigenvalue weighted by Crippen LogP contribution is 2.24. The smallest absolute Gasteiger partial charge is 0.370 e. The Labute approximate surface area is 165 Å². The van der Waals surface area contributed by atoms with Gasteiger partial charge >= 0.3 is 6.18 Å². The van der Waals surface area contributed by atoms with E-state index in [0.29, 0.717) is 24.9 Å². The second-order valence-electron chi connectivity index (χ2n) is 6.95. The van der Waals surface area contributed by atoms with Crippen LogP contribution in [0, 0.1) is 17.0 Å². The van der Waals surface area contributed by atoms with Crippen molar-refractivity contribution >= 4 is 17.5 Å². The van der Waals surface area contributed by atoms with Crippen molar-refractivity contribution in [3.05, 3.63) is 39.4 Å². The van der Waals surface area contributed by atoms with Gasteiger partial charge in [0.15, 0.2) is 0 Å². The number of nitrogens with one attached hydrogen (secondary N) is 1. The number of ether oxygens (including phenoxy) is 1. The number of carbonyl (C=O) groups excluding carboxylic acids is 2. The first-order valence-electron chi connectivity index (χ1n) is 9.00. The Balaban J connectivity index is 1.99. The van der Waals surface area contributed by atoms with E-state index in [4.69, 9.17) is 0 Å². The molecular weight excluding hydrogens is 395 g/mol. The number of nitrogens with zero attached hydrogens (tertiary/aromatic N) is 2. The number of likely N-dealkylation sites (tertiary alicyclic amines) is 1. The van der Waals surface area contributed by atoms with E-state index < -0.39 is 41.6 Å². The van der Waals surface area contributed by atoms with Gasteiger partial charge in [-0.1, -0.05) is 0 Å². The van der Waals surface area contributed by atoms with Crippen LogP contribution in [0.5, 0.6) is 0 Å². The van der Waals surface area contributed by atoms with Crippen molar-refractivity contribution in [1.29, 1.82) is 0 Å². The van der Waals surface area contributed by atoms with Gasteiger partial charge in [-0.15, -0.1) is 0 Å². The van der Waals surface area contributed by atoms with Crippen LogP contribution in [0.2, 0.25) is 0 Å². The van der Waals surface area contributed by atoms with E-state index in [1.165, 1.54) is 36.9 Å². The Morgan fingerprint density at radius 3 is 2.69 bits per heavy atom. The summed E-state index contributed by atoms with van der Waals surface area (Å²) in [5.74, 6) is -0.904. The van der Waals surface area contributed by atoms with Gasteiger partial charge in [-0.2, -0.15) is 13.2 Å². The van der Waals surface area contributed by atoms with Crippen LogP contribution < -0.4 is 5.32 Å². The molecule has 0 saturated carbocycles. The van der Waals surface area contributed by atoms with E-state index >= 15 is 0 Å². The Kier molecular flexibility index (Phi) is 7.17. The van der Waals surface area contributed by atoms with Crippen LogP contribution in [0.4, 0.5) is 18.9 Å². The molecule has 0 bridgehead atoms. The molecule has 29 heavy (non-hydrogen) atoms. The zero-order chi connectivity index (χ0) is 21.8. The van der Waals surface area contributed by atoms with Crippen LogP contribution in [-0.2, 0) is 9.53 Å². The number of halogens is 3. The second kappa shape index (κ2) is 9.21. The number of hydrogen-bond acceptors (Lipinski definition) is 5. The van der Waals surface area contributed by atoms with Gasteiger partial charge in [0.25, 0.3) is 11.6 Å². The maximum Gasteiger partial charge on any atom is 0.411 e. The Bertz CT molecular complexity index is 784. The Morgan fingerprint density at radius 1 is 1.41 bits per heavy atom. The summed E-state index contributed by atoms with van der Waals surface area (Å²) in [6.45, 7) is 1.65. The fourth-order valence-corrected chi connectivity index (χ4v) is 3.17. The van der Waals surface area contributed by atoms with Gasteiger partial charge in [0.05, 0.1) is 11.5 Å². The van der Waals surface area contributed by atoms with Gasteiger partial charge in [0.1, 0.15) is 12.6 Å². The molecule has 8 nitrogen and oxygen atoms in total. The molecule has 2 rings (SSSR count). The van der Waals surface area contributed by atoms with Crippen molar-refractivity contribution in [2.24, 2.45) is 0 Å². The summed E-state index contributed by atoms with van der Waals surface area (Å²) in [4.78, 5) is 37.0. The lowest BCUT2D eigenvalue weighted by Gasteiger charge is -2.25. The molecular formula is C18H22F3N3O5. The number of benzene rings is 1. The molecule has 2 unspecified atom stereocenters. The zero-order valence-corrected chi connectivity index (χ0v) is 16.0. The monoisotopic (exact) mass is 417 g/mol. The van der Waals surface area contributed by atoms with E-state index in [0.717, 1.165) is 0 Å². The zero-order valence-electron chi connectivity index (χ0n) is 16.0. The third-order valence-corrected chi connectivity index (χ3v) is 4.48. The first-order valence-corrected chi connectivity index (χ1v) is 9.00. The van der Waals surface area contributed by atoms with Gasteiger partial charge in [0.2, 0.25) is 5.91 Å². The summed E-state index contributed by atoms with van der Waals surface area (Å²) < 4.78 is 40.9. The number of amides is 2. The third kappa shape index (κ3) is 6.14. The minimum atomic E-state index is -4.44. The molecule has 1 aromatic carbocycles. The summed E-state index contributed by atoms with van der Waals surface area (Å²) in [6, 6.07) is 2.57. The predicted octanol–water partition coefficient (Wildman–Crippen LogP) is 2.59. The highest BCUT2D eigenvalue weighted by Gasteiger charge is 2.35. The average Bonchev–Trinajstić information content (AvgIpc) is 3.09. The van der Waals surface area contributed by atoms with E-state index in [2.05, 4.69) is 10.1 Å². The van der Waals surface area contributed by atoms with E-state index in [9.17, 15) is 32.9 Å². The number of nitro benzene ring substituents is 1. The number of nitro groups is 1. The molecule has 0 aromatic heterocycles. The summed E-state index contributed by atoms with van der Waals surface area (Å²) in [5, 5.41) is 13.5. The first kappa shape index (κ1) is 22.6. The number of rotatable bonds is 7. The number of hydrogen-bond donors (Lipinski definition) is 1. The van der Waals surface area contributed by atoms with Crippen molar-refractivity contribution in [1.82, 2.24) is 10.2 Å². The molecule has 2 atom stereocenters. The fraction of sp³-hybridized carbons (Fsp3) is 0.556. The van der Waals surface area contributed by atoms with Crippen LogP contribution in [0.1, 0.15) is 35.7 Å². The second-order valence-corrected chi connectivity index (χ2v) is 6.95. The topological polar surface area (TPSA) is 102 Å². The van der Waals surface area contributed by atoms with Crippen molar-refractivity contribution in [3.63, 3.8) is 0 Å². The maximum absolute atomic E-state index is 12.8. The fourth-order valence-electron chi connectivity index (χ4n) is 3.17. The standard InChI is InChI=1S/C18H22F3N3O5/c1-11-8-13(5-6-14(11)24(27)28)17(26)23-7-3-4-15(23)16(25)22-12(2)9-29-10-18(19,20)21/h5-6,8,12,15H,3-4,7,9-10H2,1-2H3,(H,22,25). The van der Waals surface area contributed by atoms with Crippen LogP contribution in [-0.4, -0.2) is 59.7 Å². The molecule has 1 saturated heterocycles. The van der Waals surface area contributed by atoms with Crippen LogP contribution in [0.25, 0.3) is 0 Å². The predicted molar refractivity (Wildman–Crippen MR) is 96.4 cm³/mol. The van der Waals surface area contributed by atoms with Gasteiger partial charge in [-0.25, -0.2) is 0 Å². The highest BCUT2D eigenvalue weighted by molar-refractivity contribution is 5.98. The quantitative estimate of drug-likeness (QED) is 0.543. The normalized spacial score (nSPS) is 17.8. The molecule has 160 valence electrons. The van der Waals surface area contributed by atoms with E-state index in [1.54, 1.807) is 0 Å². The molecule has 1 aliphatic heterocycles. The Hall–Kier alpha value is -2.69. The van der Waals surface area contributed by atoms with Gasteiger partial charge < -0.3 is 15.0 Å². The SMILES string of the molecule is Cc1cc(C(=O)N2CCCC2C(=O)NC(C)COCC(F)(F)F)ccc1[N+](=O)[O-]. The number of carbonyl (C=O) groups is 2. The van der Waals surface area contributed by atoms with Gasteiger partial charge in [-0.3, -0.25) is 19.7 Å². The molecule has 1 N–H and O–H groups in total. The molecule has 0 spiro atoms. The molecule has 0 radical (unpaired) electrons. The summed E-state index contributed by atoms with van der Waals surface area (Å²) >= 11 is 0. The summed E-state index contributed by atoms with van der Waals surface area (Å²) in [7, 11) is 0. The lowest BCUT2D eigenvalue weighted by Crippen LogP contribution is -2.49. The van der Waals surface area contributed by atoms with Crippen molar-refractivity contribution in [3.8, 4) is 0 Å². The molecule has 2 amide bonds. The lowest BCUT2D eigenvalue weighted by atomic mass is 10.1. The van der Waals surface area contributed by atoms with Crippen LogP contribution in [0.15, 0.2) is 18.2 Å². The molecule has 11 heteroatoms. The van der Waals surface area contributed by atoms with Crippen molar-refractivity contribution in [2.75, 3.05) is 19.8 Å². The number of aryl methyl sites for hydroxylation is 1. The molecule has 0 aliphatic carbocycles.